The van der Waals surface area contributed by atoms with Crippen LogP contribution in [0.5, 0.6) is 0 Å². The molecule has 0 saturated carbocycles. The van der Waals surface area contributed by atoms with Crippen LogP contribution in [0.25, 0.3) is 0 Å². The summed E-state index contributed by atoms with van der Waals surface area (Å²) in [5.74, 6) is -0.287. The van der Waals surface area contributed by atoms with Gasteiger partial charge >= 0.3 is 0 Å². The van der Waals surface area contributed by atoms with Crippen molar-refractivity contribution in [3.63, 3.8) is 0 Å². The monoisotopic (exact) mass is 315 g/mol. The highest BCUT2D eigenvalue weighted by Crippen LogP contribution is 2.32. The number of anilines is 1. The summed E-state index contributed by atoms with van der Waals surface area (Å²) in [6.45, 7) is 0.894. The molecule has 1 N–H and O–H groups in total. The molecule has 1 aliphatic heterocycles. The SMILES string of the molecule is N#CC1(C(=O)Nc2ncc(Br)s2)CCOCC1. The van der Waals surface area contributed by atoms with Crippen molar-refractivity contribution < 1.29 is 9.53 Å². The number of carbonyl (C=O) groups excluding carboxylic acids is 1. The van der Waals surface area contributed by atoms with E-state index in [9.17, 15) is 10.1 Å². The summed E-state index contributed by atoms with van der Waals surface area (Å²) < 4.78 is 6.02. The first-order valence-corrected chi connectivity index (χ1v) is 6.69. The quantitative estimate of drug-likeness (QED) is 0.907. The number of aromatic nitrogens is 1. The number of amides is 1. The Balaban J connectivity index is 2.10. The van der Waals surface area contributed by atoms with Crippen molar-refractivity contribution in [2.45, 2.75) is 12.8 Å². The van der Waals surface area contributed by atoms with Gasteiger partial charge in [0.05, 0.1) is 16.1 Å². The fourth-order valence-electron chi connectivity index (χ4n) is 1.64. The summed E-state index contributed by atoms with van der Waals surface area (Å²) in [6.07, 6.45) is 2.48. The number of nitrogens with one attached hydrogen (secondary N) is 1. The van der Waals surface area contributed by atoms with E-state index in [1.807, 2.05) is 0 Å². The van der Waals surface area contributed by atoms with E-state index in [2.05, 4.69) is 32.3 Å². The third kappa shape index (κ3) is 2.65. The van der Waals surface area contributed by atoms with Crippen molar-refractivity contribution in [3.05, 3.63) is 9.98 Å². The molecule has 0 radical (unpaired) electrons. The average molecular weight is 316 g/mol. The standard InChI is InChI=1S/C10H10BrN3O2S/c11-7-5-13-9(17-7)14-8(15)10(6-12)1-3-16-4-2-10/h5H,1-4H2,(H,13,14,15). The molecule has 1 aromatic heterocycles. The molecule has 2 heterocycles. The summed E-state index contributed by atoms with van der Waals surface area (Å²) in [5, 5.41) is 12.4. The maximum Gasteiger partial charge on any atom is 0.246 e. The first kappa shape index (κ1) is 12.5. The van der Waals surface area contributed by atoms with Gasteiger partial charge < -0.3 is 10.1 Å². The van der Waals surface area contributed by atoms with E-state index >= 15 is 0 Å². The number of halogens is 1. The summed E-state index contributed by atoms with van der Waals surface area (Å²) in [7, 11) is 0. The van der Waals surface area contributed by atoms with E-state index < -0.39 is 5.41 Å². The molecule has 1 amide bonds. The Hall–Kier alpha value is -0.970. The smallest absolute Gasteiger partial charge is 0.246 e. The molecule has 0 unspecified atom stereocenters. The zero-order chi connectivity index (χ0) is 12.3. The van der Waals surface area contributed by atoms with Gasteiger partial charge in [-0.15, -0.1) is 0 Å². The first-order valence-electron chi connectivity index (χ1n) is 5.08. The molecular formula is C10H10BrN3O2S. The van der Waals surface area contributed by atoms with E-state index in [1.54, 1.807) is 6.20 Å². The van der Waals surface area contributed by atoms with Crippen molar-refractivity contribution in [2.24, 2.45) is 5.41 Å². The van der Waals surface area contributed by atoms with Crippen molar-refractivity contribution in [1.82, 2.24) is 4.98 Å². The number of ether oxygens (including phenoxy) is 1. The lowest BCUT2D eigenvalue weighted by Gasteiger charge is -2.28. The zero-order valence-corrected chi connectivity index (χ0v) is 11.3. The molecular weight excluding hydrogens is 306 g/mol. The van der Waals surface area contributed by atoms with E-state index in [1.165, 1.54) is 11.3 Å². The zero-order valence-electron chi connectivity index (χ0n) is 8.90. The number of hydrogen-bond donors (Lipinski definition) is 1. The van der Waals surface area contributed by atoms with Gasteiger partial charge in [0.1, 0.15) is 5.41 Å². The van der Waals surface area contributed by atoms with Gasteiger partial charge in [-0.05, 0) is 28.8 Å². The lowest BCUT2D eigenvalue weighted by atomic mass is 9.81. The summed E-state index contributed by atoms with van der Waals surface area (Å²) in [6, 6.07) is 2.12. The molecule has 1 fully saturated rings. The van der Waals surface area contributed by atoms with Gasteiger partial charge in [0, 0.05) is 13.2 Å². The number of nitrogens with zero attached hydrogens (tertiary/aromatic N) is 2. The maximum absolute atomic E-state index is 12.1. The van der Waals surface area contributed by atoms with Crippen molar-refractivity contribution in [1.29, 1.82) is 5.26 Å². The third-order valence-electron chi connectivity index (χ3n) is 2.69. The summed E-state index contributed by atoms with van der Waals surface area (Å²) in [4.78, 5) is 16.1. The molecule has 17 heavy (non-hydrogen) atoms. The Morgan fingerprint density at radius 2 is 2.35 bits per heavy atom. The maximum atomic E-state index is 12.1. The first-order chi connectivity index (χ1) is 8.16. The van der Waals surface area contributed by atoms with Gasteiger partial charge in [0.15, 0.2) is 5.13 Å². The van der Waals surface area contributed by atoms with Gasteiger partial charge in [-0.1, -0.05) is 11.3 Å². The van der Waals surface area contributed by atoms with Crippen LogP contribution in [0.2, 0.25) is 0 Å². The number of rotatable bonds is 2. The minimum absolute atomic E-state index is 0.287. The molecule has 1 aliphatic rings. The van der Waals surface area contributed by atoms with Crippen molar-refractivity contribution in [3.8, 4) is 6.07 Å². The molecule has 1 saturated heterocycles. The van der Waals surface area contributed by atoms with Crippen LogP contribution in [0, 0.1) is 16.7 Å². The third-order valence-corrected chi connectivity index (χ3v) is 4.08. The largest absolute Gasteiger partial charge is 0.381 e. The molecule has 2 rings (SSSR count). The highest BCUT2D eigenvalue weighted by molar-refractivity contribution is 9.11. The minimum atomic E-state index is -0.976. The van der Waals surface area contributed by atoms with Crippen LogP contribution in [0.3, 0.4) is 0 Å². The van der Waals surface area contributed by atoms with Gasteiger partial charge in [-0.25, -0.2) is 4.98 Å². The fourth-order valence-corrected chi connectivity index (χ4v) is 2.74. The van der Waals surface area contributed by atoms with Gasteiger partial charge in [-0.3, -0.25) is 4.79 Å². The fraction of sp³-hybridized carbons (Fsp3) is 0.500. The van der Waals surface area contributed by atoms with Gasteiger partial charge in [0.2, 0.25) is 5.91 Å². The normalized spacial score (nSPS) is 18.4. The molecule has 0 bridgehead atoms. The minimum Gasteiger partial charge on any atom is -0.381 e. The topological polar surface area (TPSA) is 75.0 Å². The second-order valence-electron chi connectivity index (χ2n) is 3.73. The average Bonchev–Trinajstić information content (AvgIpc) is 2.75. The molecule has 90 valence electrons. The van der Waals surface area contributed by atoms with E-state index in [0.717, 1.165) is 3.79 Å². The van der Waals surface area contributed by atoms with Crippen LogP contribution in [0.4, 0.5) is 5.13 Å². The Bertz CT molecular complexity index is 462. The van der Waals surface area contributed by atoms with Gasteiger partial charge in [-0.2, -0.15) is 5.26 Å². The molecule has 5 nitrogen and oxygen atoms in total. The Morgan fingerprint density at radius 3 is 2.88 bits per heavy atom. The van der Waals surface area contributed by atoms with Crippen LogP contribution in [-0.2, 0) is 9.53 Å². The summed E-state index contributed by atoms with van der Waals surface area (Å²) >= 11 is 4.59. The highest BCUT2D eigenvalue weighted by Gasteiger charge is 2.40. The molecule has 0 aliphatic carbocycles. The number of nitriles is 1. The van der Waals surface area contributed by atoms with Crippen LogP contribution >= 0.6 is 27.3 Å². The lowest BCUT2D eigenvalue weighted by Crippen LogP contribution is -2.39. The molecule has 0 spiro atoms. The van der Waals surface area contributed by atoms with Gasteiger partial charge in [0.25, 0.3) is 0 Å². The molecule has 0 aromatic carbocycles. The number of carbonyl (C=O) groups is 1. The van der Waals surface area contributed by atoms with Crippen LogP contribution in [0.1, 0.15) is 12.8 Å². The molecule has 7 heteroatoms. The Morgan fingerprint density at radius 1 is 1.65 bits per heavy atom. The van der Waals surface area contributed by atoms with Crippen molar-refractivity contribution in [2.75, 3.05) is 18.5 Å². The molecule has 1 aromatic rings. The second-order valence-corrected chi connectivity index (χ2v) is 6.14. The Labute approximate surface area is 111 Å². The predicted molar refractivity (Wildman–Crippen MR) is 66.5 cm³/mol. The van der Waals surface area contributed by atoms with Crippen LogP contribution < -0.4 is 5.32 Å². The van der Waals surface area contributed by atoms with Crippen LogP contribution in [-0.4, -0.2) is 24.1 Å². The highest BCUT2D eigenvalue weighted by atomic mass is 79.9. The van der Waals surface area contributed by atoms with E-state index in [4.69, 9.17) is 4.74 Å². The van der Waals surface area contributed by atoms with Crippen molar-refractivity contribution >= 4 is 38.3 Å². The number of thiazole rings is 1. The summed E-state index contributed by atoms with van der Waals surface area (Å²) in [5.41, 5.74) is -0.976. The van der Waals surface area contributed by atoms with E-state index in [-0.39, 0.29) is 5.91 Å². The predicted octanol–water partition coefficient (Wildman–Crippen LogP) is 2.16. The Kier molecular flexibility index (Phi) is 3.76. The number of hydrogen-bond acceptors (Lipinski definition) is 5. The van der Waals surface area contributed by atoms with Crippen LogP contribution in [0.15, 0.2) is 9.98 Å². The lowest BCUT2D eigenvalue weighted by molar-refractivity contribution is -0.126. The molecule has 0 atom stereocenters. The second kappa shape index (κ2) is 5.12. The van der Waals surface area contributed by atoms with E-state index in [0.29, 0.717) is 31.2 Å².